The van der Waals surface area contributed by atoms with Gasteiger partial charge in [0.25, 0.3) is 0 Å². The van der Waals surface area contributed by atoms with Crippen LogP contribution >= 0.6 is 0 Å². The van der Waals surface area contributed by atoms with E-state index in [1.165, 1.54) is 10.9 Å². The first-order valence-electron chi connectivity index (χ1n) is 9.12. The summed E-state index contributed by atoms with van der Waals surface area (Å²) in [4.78, 5) is 12.2. The van der Waals surface area contributed by atoms with E-state index >= 15 is 0 Å². The van der Waals surface area contributed by atoms with E-state index in [4.69, 9.17) is 9.47 Å². The lowest BCUT2D eigenvalue weighted by molar-refractivity contribution is 0.355. The van der Waals surface area contributed by atoms with Crippen LogP contribution in [0.15, 0.2) is 61.1 Å². The van der Waals surface area contributed by atoms with E-state index in [9.17, 15) is 0 Å². The van der Waals surface area contributed by atoms with E-state index in [0.717, 1.165) is 29.6 Å². The minimum atomic E-state index is 0.615. The van der Waals surface area contributed by atoms with Gasteiger partial charge in [-0.15, -0.1) is 0 Å². The number of hydrogen-bond donors (Lipinski definition) is 2. The maximum atomic E-state index is 5.36. The number of benzene rings is 2. The van der Waals surface area contributed by atoms with Gasteiger partial charge in [0.2, 0.25) is 5.95 Å². The van der Waals surface area contributed by atoms with Crippen molar-refractivity contribution in [3.8, 4) is 22.6 Å². The molecule has 0 fully saturated rings. The summed E-state index contributed by atoms with van der Waals surface area (Å²) in [7, 11) is 3.25. The van der Waals surface area contributed by atoms with Gasteiger partial charge >= 0.3 is 0 Å². The summed E-state index contributed by atoms with van der Waals surface area (Å²) >= 11 is 0. The van der Waals surface area contributed by atoms with Gasteiger partial charge in [0.05, 0.1) is 14.2 Å². The minimum absolute atomic E-state index is 0.615. The van der Waals surface area contributed by atoms with Gasteiger partial charge in [-0.25, -0.2) is 9.97 Å². The number of anilines is 1. The van der Waals surface area contributed by atoms with Crippen molar-refractivity contribution in [1.82, 2.24) is 15.0 Å². The largest absolute Gasteiger partial charge is 0.493 e. The number of methoxy groups -OCH3 is 2. The van der Waals surface area contributed by atoms with E-state index in [1.807, 2.05) is 36.7 Å². The monoisotopic (exact) mass is 374 g/mol. The van der Waals surface area contributed by atoms with Crippen molar-refractivity contribution in [3.63, 3.8) is 0 Å². The summed E-state index contributed by atoms with van der Waals surface area (Å²) in [6, 6.07) is 14.1. The van der Waals surface area contributed by atoms with Crippen molar-refractivity contribution >= 4 is 16.9 Å². The Bertz CT molecular complexity index is 1070. The molecule has 0 bridgehead atoms. The van der Waals surface area contributed by atoms with E-state index in [0.29, 0.717) is 17.4 Å². The van der Waals surface area contributed by atoms with Crippen LogP contribution in [0.25, 0.3) is 22.0 Å². The highest BCUT2D eigenvalue weighted by atomic mass is 16.5. The normalized spacial score (nSPS) is 10.8. The molecule has 0 saturated heterocycles. The van der Waals surface area contributed by atoms with Crippen LogP contribution in [-0.4, -0.2) is 35.7 Å². The molecule has 4 rings (SSSR count). The highest BCUT2D eigenvalue weighted by Crippen LogP contribution is 2.31. The first-order valence-corrected chi connectivity index (χ1v) is 9.12. The SMILES string of the molecule is COc1ccc(-c2cnc(NCCc3c[nH]c4ccccc34)nc2)cc1OC. The summed E-state index contributed by atoms with van der Waals surface area (Å²) in [5.74, 6) is 1.99. The third-order valence-electron chi connectivity index (χ3n) is 4.72. The molecule has 2 aromatic carbocycles. The average molecular weight is 374 g/mol. The highest BCUT2D eigenvalue weighted by Gasteiger charge is 2.07. The first-order chi connectivity index (χ1) is 13.8. The standard InChI is InChI=1S/C22H22N4O2/c1-27-20-8-7-15(11-21(20)28-2)17-13-25-22(26-14-17)23-10-9-16-12-24-19-6-4-3-5-18(16)19/h3-8,11-14,24H,9-10H2,1-2H3,(H,23,25,26). The predicted molar refractivity (Wildman–Crippen MR) is 111 cm³/mol. The molecule has 0 aliphatic carbocycles. The molecule has 2 N–H and O–H groups in total. The molecule has 142 valence electrons. The Labute approximate surface area is 163 Å². The van der Waals surface area contributed by atoms with Crippen LogP contribution < -0.4 is 14.8 Å². The first kappa shape index (κ1) is 17.9. The van der Waals surface area contributed by atoms with E-state index in [2.05, 4.69) is 44.7 Å². The number of hydrogen-bond acceptors (Lipinski definition) is 5. The second kappa shape index (κ2) is 8.00. The number of aromatic nitrogens is 3. The lowest BCUT2D eigenvalue weighted by Crippen LogP contribution is -2.07. The van der Waals surface area contributed by atoms with Crippen molar-refractivity contribution in [1.29, 1.82) is 0 Å². The molecule has 2 heterocycles. The molecule has 0 unspecified atom stereocenters. The van der Waals surface area contributed by atoms with Gasteiger partial charge in [-0.1, -0.05) is 24.3 Å². The summed E-state index contributed by atoms with van der Waals surface area (Å²) in [5.41, 5.74) is 4.34. The number of rotatable bonds is 7. The summed E-state index contributed by atoms with van der Waals surface area (Å²) < 4.78 is 10.6. The number of nitrogens with zero attached hydrogens (tertiary/aromatic N) is 2. The van der Waals surface area contributed by atoms with Crippen molar-refractivity contribution < 1.29 is 9.47 Å². The fourth-order valence-corrected chi connectivity index (χ4v) is 3.23. The van der Waals surface area contributed by atoms with Crippen molar-refractivity contribution in [2.24, 2.45) is 0 Å². The topological polar surface area (TPSA) is 72.1 Å². The van der Waals surface area contributed by atoms with Crippen molar-refractivity contribution in [2.45, 2.75) is 6.42 Å². The van der Waals surface area contributed by atoms with Crippen LogP contribution in [0, 0.1) is 0 Å². The van der Waals surface area contributed by atoms with Crippen molar-refractivity contribution in [2.75, 3.05) is 26.1 Å². The summed E-state index contributed by atoms with van der Waals surface area (Å²) in [5, 5.41) is 4.54. The maximum absolute atomic E-state index is 5.36. The van der Waals surface area contributed by atoms with E-state index in [1.54, 1.807) is 14.2 Å². The molecule has 4 aromatic rings. The molecule has 6 heteroatoms. The maximum Gasteiger partial charge on any atom is 0.222 e. The Kier molecular flexibility index (Phi) is 5.10. The summed E-state index contributed by atoms with van der Waals surface area (Å²) in [6.45, 7) is 0.761. The summed E-state index contributed by atoms with van der Waals surface area (Å²) in [6.07, 6.45) is 6.57. The lowest BCUT2D eigenvalue weighted by atomic mass is 10.1. The Morgan fingerprint density at radius 3 is 2.50 bits per heavy atom. The van der Waals surface area contributed by atoms with Crippen LogP contribution in [0.3, 0.4) is 0 Å². The number of ether oxygens (including phenoxy) is 2. The molecule has 0 saturated carbocycles. The molecule has 0 atom stereocenters. The quantitative estimate of drug-likeness (QED) is 0.505. The van der Waals surface area contributed by atoms with Gasteiger partial charge < -0.3 is 19.8 Å². The number of H-pyrrole nitrogens is 1. The molecule has 6 nitrogen and oxygen atoms in total. The van der Waals surface area contributed by atoms with Crippen LogP contribution in [0.2, 0.25) is 0 Å². The van der Waals surface area contributed by atoms with Gasteiger partial charge in [-0.2, -0.15) is 0 Å². The fourth-order valence-electron chi connectivity index (χ4n) is 3.23. The predicted octanol–water partition coefficient (Wildman–Crippen LogP) is 4.30. The molecule has 0 radical (unpaired) electrons. The van der Waals surface area contributed by atoms with Gasteiger partial charge in [0.1, 0.15) is 0 Å². The Balaban J connectivity index is 1.41. The van der Waals surface area contributed by atoms with Gasteiger partial charge in [0, 0.05) is 41.6 Å². The van der Waals surface area contributed by atoms with Crippen molar-refractivity contribution in [3.05, 3.63) is 66.6 Å². The Morgan fingerprint density at radius 2 is 1.71 bits per heavy atom. The molecular formula is C22H22N4O2. The number of para-hydroxylation sites is 1. The molecule has 0 spiro atoms. The third kappa shape index (κ3) is 3.62. The van der Waals surface area contributed by atoms with Crippen LogP contribution in [-0.2, 0) is 6.42 Å². The molecule has 0 aliphatic heterocycles. The second-order valence-electron chi connectivity index (χ2n) is 6.40. The molecular weight excluding hydrogens is 352 g/mol. The number of fused-ring (bicyclic) bond motifs is 1. The zero-order valence-corrected chi connectivity index (χ0v) is 15.9. The fraction of sp³-hybridized carbons (Fsp3) is 0.182. The Morgan fingerprint density at radius 1 is 0.929 bits per heavy atom. The van der Waals surface area contributed by atoms with Crippen LogP contribution in [0.1, 0.15) is 5.56 Å². The molecule has 0 amide bonds. The van der Waals surface area contributed by atoms with Crippen LogP contribution in [0.4, 0.5) is 5.95 Å². The zero-order chi connectivity index (χ0) is 19.3. The Hall–Kier alpha value is -3.54. The van der Waals surface area contributed by atoms with Gasteiger partial charge in [-0.3, -0.25) is 0 Å². The molecule has 2 aromatic heterocycles. The number of nitrogens with one attached hydrogen (secondary N) is 2. The van der Waals surface area contributed by atoms with Gasteiger partial charge in [-0.05, 0) is 35.7 Å². The van der Waals surface area contributed by atoms with Gasteiger partial charge in [0.15, 0.2) is 11.5 Å². The van der Waals surface area contributed by atoms with Crippen LogP contribution in [0.5, 0.6) is 11.5 Å². The lowest BCUT2D eigenvalue weighted by Gasteiger charge is -2.10. The smallest absolute Gasteiger partial charge is 0.222 e. The molecule has 0 aliphatic rings. The third-order valence-corrected chi connectivity index (χ3v) is 4.72. The number of aromatic amines is 1. The highest BCUT2D eigenvalue weighted by molar-refractivity contribution is 5.83. The molecule has 28 heavy (non-hydrogen) atoms. The minimum Gasteiger partial charge on any atom is -0.493 e. The average Bonchev–Trinajstić information content (AvgIpc) is 3.17. The van der Waals surface area contributed by atoms with E-state index in [-0.39, 0.29) is 0 Å². The zero-order valence-electron chi connectivity index (χ0n) is 15.9. The second-order valence-corrected chi connectivity index (χ2v) is 6.40. The van der Waals surface area contributed by atoms with E-state index < -0.39 is 0 Å².